The van der Waals surface area contributed by atoms with E-state index >= 15 is 0 Å². The fourth-order valence-corrected chi connectivity index (χ4v) is 3.42. The molecule has 1 aliphatic rings. The van der Waals surface area contributed by atoms with Crippen LogP contribution in [-0.2, 0) is 11.3 Å². The number of hydrogen-bond donors (Lipinski definition) is 6. The first-order valence-corrected chi connectivity index (χ1v) is 9.69. The number of fused-ring (bicyclic) bond motifs is 1. The zero-order valence-electron chi connectivity index (χ0n) is 16.2. The smallest absolute Gasteiger partial charge is 0.167 e. The van der Waals surface area contributed by atoms with Crippen LogP contribution in [0.5, 0.6) is 0 Å². The molecule has 0 bridgehead atoms. The van der Waals surface area contributed by atoms with Crippen molar-refractivity contribution in [2.24, 2.45) is 5.73 Å². The van der Waals surface area contributed by atoms with E-state index in [1.54, 1.807) is 0 Å². The van der Waals surface area contributed by atoms with E-state index in [1.807, 2.05) is 24.3 Å². The minimum absolute atomic E-state index is 0.402. The number of nitrogens with one attached hydrogen (secondary N) is 2. The van der Waals surface area contributed by atoms with Gasteiger partial charge in [0, 0.05) is 25.3 Å². The van der Waals surface area contributed by atoms with Gasteiger partial charge in [-0.25, -0.2) is 15.0 Å². The summed E-state index contributed by atoms with van der Waals surface area (Å²) < 4.78 is 7.10. The number of ether oxygens (including phenoxy) is 1. The van der Waals surface area contributed by atoms with Gasteiger partial charge in [0.2, 0.25) is 0 Å². The Morgan fingerprint density at radius 3 is 2.60 bits per heavy atom. The molecular formula is C19H25N7O4. The highest BCUT2D eigenvalue weighted by Gasteiger charge is 2.44. The second-order valence-electron chi connectivity index (χ2n) is 7.06. The summed E-state index contributed by atoms with van der Waals surface area (Å²) in [6.45, 7) is 1.69. The molecular weight excluding hydrogens is 390 g/mol. The molecule has 11 heteroatoms. The fourth-order valence-electron chi connectivity index (χ4n) is 3.42. The molecule has 2 aromatic heterocycles. The molecule has 0 spiro atoms. The van der Waals surface area contributed by atoms with Gasteiger partial charge in [-0.05, 0) is 17.7 Å². The summed E-state index contributed by atoms with van der Waals surface area (Å²) in [4.78, 5) is 12.9. The molecule has 4 rings (SSSR count). The lowest BCUT2D eigenvalue weighted by Crippen LogP contribution is -2.33. The van der Waals surface area contributed by atoms with Crippen LogP contribution in [0.15, 0.2) is 36.9 Å². The van der Waals surface area contributed by atoms with Crippen molar-refractivity contribution in [2.75, 3.05) is 25.0 Å². The lowest BCUT2D eigenvalue weighted by atomic mass is 10.1. The Bertz CT molecular complexity index is 981. The number of aliphatic hydroxyl groups excluding tert-OH is 3. The van der Waals surface area contributed by atoms with Crippen LogP contribution in [0, 0.1) is 0 Å². The minimum atomic E-state index is -1.22. The van der Waals surface area contributed by atoms with Crippen LogP contribution in [0.25, 0.3) is 11.2 Å². The molecule has 1 aliphatic heterocycles. The van der Waals surface area contributed by atoms with E-state index in [9.17, 15) is 15.3 Å². The quantitative estimate of drug-likeness (QED) is 0.257. The summed E-state index contributed by atoms with van der Waals surface area (Å²) in [5.41, 5.74) is 8.37. The molecule has 7 N–H and O–H groups in total. The molecule has 0 amide bonds. The van der Waals surface area contributed by atoms with Crippen molar-refractivity contribution >= 4 is 22.7 Å². The van der Waals surface area contributed by atoms with Crippen LogP contribution in [0.2, 0.25) is 0 Å². The van der Waals surface area contributed by atoms with Crippen LogP contribution in [0.4, 0.5) is 11.5 Å². The minimum Gasteiger partial charge on any atom is -0.394 e. The molecule has 1 fully saturated rings. The van der Waals surface area contributed by atoms with E-state index in [1.165, 1.54) is 17.2 Å². The largest absolute Gasteiger partial charge is 0.394 e. The number of anilines is 2. The lowest BCUT2D eigenvalue weighted by molar-refractivity contribution is -0.0511. The van der Waals surface area contributed by atoms with E-state index in [4.69, 9.17) is 10.5 Å². The van der Waals surface area contributed by atoms with Crippen molar-refractivity contribution in [3.63, 3.8) is 0 Å². The number of hydrogen-bond acceptors (Lipinski definition) is 10. The van der Waals surface area contributed by atoms with Crippen molar-refractivity contribution in [1.29, 1.82) is 0 Å². The lowest BCUT2D eigenvalue weighted by Gasteiger charge is -2.16. The summed E-state index contributed by atoms with van der Waals surface area (Å²) in [6.07, 6.45) is -1.35. The Kier molecular flexibility index (Phi) is 6.18. The summed E-state index contributed by atoms with van der Waals surface area (Å²) in [6, 6.07) is 7.89. The number of rotatable bonds is 8. The molecule has 0 unspecified atom stereocenters. The Morgan fingerprint density at radius 1 is 1.10 bits per heavy atom. The summed E-state index contributed by atoms with van der Waals surface area (Å²) in [7, 11) is 0. The molecule has 4 atom stereocenters. The Labute approximate surface area is 172 Å². The molecule has 0 saturated carbocycles. The van der Waals surface area contributed by atoms with Crippen molar-refractivity contribution in [3.05, 3.63) is 42.5 Å². The van der Waals surface area contributed by atoms with E-state index in [-0.39, 0.29) is 0 Å². The van der Waals surface area contributed by atoms with E-state index < -0.39 is 31.1 Å². The van der Waals surface area contributed by atoms with E-state index in [2.05, 4.69) is 25.6 Å². The van der Waals surface area contributed by atoms with E-state index in [0.717, 1.165) is 24.3 Å². The van der Waals surface area contributed by atoms with Gasteiger partial charge in [0.1, 0.15) is 24.6 Å². The SMILES string of the molecule is NCCNCc1ccc(Nc2ncnc3c2ncn3[C@@H]2O[C@H](CO)[C@@H](O)[C@H]2O)cc1. The normalized spacial score (nSPS) is 23.9. The van der Waals surface area contributed by atoms with Gasteiger partial charge in [-0.3, -0.25) is 4.57 Å². The first-order valence-electron chi connectivity index (χ1n) is 9.69. The highest BCUT2D eigenvalue weighted by atomic mass is 16.6. The molecule has 1 aromatic carbocycles. The first-order chi connectivity index (χ1) is 14.6. The predicted octanol–water partition coefficient (Wildman–Crippen LogP) is -0.770. The molecule has 3 aromatic rings. The standard InChI is InChI=1S/C19H25N7O4/c20-5-6-21-7-11-1-3-12(4-2-11)25-17-14-18(23-9-22-17)26(10-24-14)19-16(29)15(28)13(8-27)30-19/h1-4,9-10,13,15-16,19,21,27-29H,5-8,20H2,(H,22,23,25)/t13-,15-,16-,19-/m1/s1. The molecule has 0 aliphatic carbocycles. The maximum atomic E-state index is 10.3. The van der Waals surface area contributed by atoms with Crippen LogP contribution in [-0.4, -0.2) is 72.8 Å². The van der Waals surface area contributed by atoms with Crippen molar-refractivity contribution < 1.29 is 20.1 Å². The van der Waals surface area contributed by atoms with Gasteiger partial charge in [-0.15, -0.1) is 0 Å². The third-order valence-electron chi connectivity index (χ3n) is 5.02. The maximum absolute atomic E-state index is 10.3. The molecule has 30 heavy (non-hydrogen) atoms. The van der Waals surface area contributed by atoms with Crippen molar-refractivity contribution in [2.45, 2.75) is 31.1 Å². The summed E-state index contributed by atoms with van der Waals surface area (Å²) >= 11 is 0. The van der Waals surface area contributed by atoms with Crippen molar-refractivity contribution in [3.8, 4) is 0 Å². The molecule has 3 heterocycles. The summed E-state index contributed by atoms with van der Waals surface area (Å²) in [5, 5.41) is 36.1. The highest BCUT2D eigenvalue weighted by molar-refractivity contribution is 5.85. The monoisotopic (exact) mass is 415 g/mol. The number of nitrogens with two attached hydrogens (primary N) is 1. The average Bonchev–Trinajstić information content (AvgIpc) is 3.31. The molecule has 0 radical (unpaired) electrons. The third-order valence-corrected chi connectivity index (χ3v) is 5.02. The number of nitrogens with zero attached hydrogens (tertiary/aromatic N) is 4. The number of aliphatic hydroxyl groups is 3. The van der Waals surface area contributed by atoms with Gasteiger partial charge in [0.15, 0.2) is 23.2 Å². The van der Waals surface area contributed by atoms with Crippen LogP contribution in [0.3, 0.4) is 0 Å². The zero-order chi connectivity index (χ0) is 21.1. The fraction of sp³-hybridized carbons (Fsp3) is 0.421. The topological polar surface area (TPSA) is 164 Å². The van der Waals surface area contributed by atoms with Crippen LogP contribution in [0.1, 0.15) is 11.8 Å². The van der Waals surface area contributed by atoms with Gasteiger partial charge in [-0.1, -0.05) is 12.1 Å². The second kappa shape index (κ2) is 9.00. The average molecular weight is 415 g/mol. The first kappa shape index (κ1) is 20.6. The highest BCUT2D eigenvalue weighted by Crippen LogP contribution is 2.32. The maximum Gasteiger partial charge on any atom is 0.167 e. The van der Waals surface area contributed by atoms with Crippen LogP contribution < -0.4 is 16.4 Å². The van der Waals surface area contributed by atoms with Gasteiger partial charge in [0.25, 0.3) is 0 Å². The van der Waals surface area contributed by atoms with Gasteiger partial charge >= 0.3 is 0 Å². The number of aromatic nitrogens is 4. The number of imidazole rings is 1. The van der Waals surface area contributed by atoms with Gasteiger partial charge in [0.05, 0.1) is 12.9 Å². The molecule has 160 valence electrons. The second-order valence-corrected chi connectivity index (χ2v) is 7.06. The number of benzene rings is 1. The Morgan fingerprint density at radius 2 is 1.90 bits per heavy atom. The predicted molar refractivity (Wildman–Crippen MR) is 109 cm³/mol. The molecule has 1 saturated heterocycles. The molecule has 11 nitrogen and oxygen atoms in total. The summed E-state index contributed by atoms with van der Waals surface area (Å²) in [5.74, 6) is 0.500. The van der Waals surface area contributed by atoms with Crippen LogP contribution >= 0.6 is 0 Å². The van der Waals surface area contributed by atoms with Crippen molar-refractivity contribution in [1.82, 2.24) is 24.8 Å². The van der Waals surface area contributed by atoms with E-state index in [0.29, 0.717) is 23.5 Å². The van der Waals surface area contributed by atoms with Gasteiger partial charge < -0.3 is 36.4 Å². The third kappa shape index (κ3) is 3.99. The zero-order valence-corrected chi connectivity index (χ0v) is 16.2. The Hall–Kier alpha value is -2.67. The van der Waals surface area contributed by atoms with Gasteiger partial charge in [-0.2, -0.15) is 0 Å². The Balaban J connectivity index is 1.54.